The molecule has 0 aliphatic carbocycles. The third-order valence-corrected chi connectivity index (χ3v) is 2.67. The van der Waals surface area contributed by atoms with Gasteiger partial charge < -0.3 is 16.0 Å². The van der Waals surface area contributed by atoms with E-state index in [0.717, 1.165) is 0 Å². The second-order valence-corrected chi connectivity index (χ2v) is 4.49. The highest BCUT2D eigenvalue weighted by molar-refractivity contribution is 5.95. The van der Waals surface area contributed by atoms with Crippen molar-refractivity contribution >= 4 is 11.8 Å². The average Bonchev–Trinajstić information content (AvgIpc) is 2.45. The number of amides is 2. The topological polar surface area (TPSA) is 75.4 Å². The molecule has 0 atom stereocenters. The Kier molecular flexibility index (Phi) is 6.37. The number of nitrogens with two attached hydrogens (primary N) is 1. The number of carbonyl (C=O) groups excluding carboxylic acids is 2. The van der Waals surface area contributed by atoms with E-state index < -0.39 is 11.7 Å². The molecule has 0 aliphatic rings. The minimum absolute atomic E-state index is 0.101. The van der Waals surface area contributed by atoms with Gasteiger partial charge in [-0.2, -0.15) is 0 Å². The molecule has 0 aromatic heterocycles. The van der Waals surface area contributed by atoms with Crippen molar-refractivity contribution in [3.8, 4) is 11.8 Å². The van der Waals surface area contributed by atoms with E-state index in [-0.39, 0.29) is 31.0 Å². The summed E-state index contributed by atoms with van der Waals surface area (Å²) < 4.78 is 13.6. The Labute approximate surface area is 123 Å². The zero-order valence-electron chi connectivity index (χ0n) is 12.1. The Morgan fingerprint density at radius 2 is 2.10 bits per heavy atom. The van der Waals surface area contributed by atoms with E-state index in [1.165, 1.54) is 23.1 Å². The molecule has 6 heteroatoms. The molecule has 21 heavy (non-hydrogen) atoms. The van der Waals surface area contributed by atoms with Gasteiger partial charge >= 0.3 is 0 Å². The van der Waals surface area contributed by atoms with E-state index in [0.29, 0.717) is 5.56 Å². The van der Waals surface area contributed by atoms with Crippen molar-refractivity contribution in [2.45, 2.75) is 6.42 Å². The van der Waals surface area contributed by atoms with Crippen LogP contribution >= 0.6 is 0 Å². The largest absolute Gasteiger partial charge is 0.351 e. The lowest BCUT2D eigenvalue weighted by Gasteiger charge is -2.10. The van der Waals surface area contributed by atoms with Crippen molar-refractivity contribution in [3.63, 3.8) is 0 Å². The molecule has 0 bridgehead atoms. The summed E-state index contributed by atoms with van der Waals surface area (Å²) in [6.07, 6.45) is 0.160. The lowest BCUT2D eigenvalue weighted by molar-refractivity contribution is -0.128. The van der Waals surface area contributed by atoms with Gasteiger partial charge in [0.05, 0.1) is 12.1 Å². The fourth-order valence-corrected chi connectivity index (χ4v) is 1.53. The number of benzene rings is 1. The first-order valence-electron chi connectivity index (χ1n) is 6.42. The van der Waals surface area contributed by atoms with E-state index in [1.54, 1.807) is 14.1 Å². The van der Waals surface area contributed by atoms with Gasteiger partial charge in [-0.25, -0.2) is 4.39 Å². The standard InChI is InChI=1S/C15H18FN3O2/c1-19(2)14(20)7-9-18-15(21)12-10-11(4-3-8-17)5-6-13(12)16/h5-6,10H,7-9,17H2,1-2H3,(H,18,21). The van der Waals surface area contributed by atoms with E-state index in [9.17, 15) is 14.0 Å². The molecular formula is C15H18FN3O2. The first kappa shape index (κ1) is 16.7. The van der Waals surface area contributed by atoms with Crippen LogP contribution in [0.25, 0.3) is 0 Å². The predicted octanol–water partition coefficient (Wildman–Crippen LogP) is 0.344. The summed E-state index contributed by atoms with van der Waals surface area (Å²) in [7, 11) is 3.26. The quantitative estimate of drug-likeness (QED) is 0.786. The molecule has 112 valence electrons. The SMILES string of the molecule is CN(C)C(=O)CCNC(=O)c1cc(C#CCN)ccc1F. The number of nitrogens with zero attached hydrogens (tertiary/aromatic N) is 1. The number of hydrogen-bond acceptors (Lipinski definition) is 3. The minimum Gasteiger partial charge on any atom is -0.351 e. The van der Waals surface area contributed by atoms with Gasteiger partial charge in [-0.05, 0) is 18.2 Å². The molecule has 0 heterocycles. The van der Waals surface area contributed by atoms with Crippen molar-refractivity contribution in [2.24, 2.45) is 5.73 Å². The summed E-state index contributed by atoms with van der Waals surface area (Å²) in [6, 6.07) is 4.02. The summed E-state index contributed by atoms with van der Waals surface area (Å²) >= 11 is 0. The highest BCUT2D eigenvalue weighted by atomic mass is 19.1. The van der Waals surface area contributed by atoms with Gasteiger partial charge in [0, 0.05) is 32.6 Å². The molecular weight excluding hydrogens is 273 g/mol. The number of nitrogens with one attached hydrogen (secondary N) is 1. The molecule has 0 aliphatic heterocycles. The van der Waals surface area contributed by atoms with Gasteiger partial charge in [0.1, 0.15) is 5.82 Å². The van der Waals surface area contributed by atoms with Crippen LogP contribution in [0.15, 0.2) is 18.2 Å². The molecule has 0 radical (unpaired) electrons. The van der Waals surface area contributed by atoms with E-state index in [2.05, 4.69) is 17.2 Å². The van der Waals surface area contributed by atoms with Gasteiger partial charge in [-0.3, -0.25) is 9.59 Å². The van der Waals surface area contributed by atoms with Gasteiger partial charge in [0.25, 0.3) is 5.91 Å². The van der Waals surface area contributed by atoms with Crippen LogP contribution in [-0.4, -0.2) is 43.9 Å². The molecule has 1 aromatic carbocycles. The van der Waals surface area contributed by atoms with Crippen LogP contribution in [0.4, 0.5) is 4.39 Å². The minimum atomic E-state index is -0.635. The van der Waals surface area contributed by atoms with Crippen LogP contribution < -0.4 is 11.1 Å². The second kappa shape index (κ2) is 8.02. The summed E-state index contributed by atoms with van der Waals surface area (Å²) in [5, 5.41) is 2.51. The van der Waals surface area contributed by atoms with Crippen LogP contribution in [-0.2, 0) is 4.79 Å². The summed E-state index contributed by atoms with van der Waals surface area (Å²) in [5.74, 6) is 4.05. The van der Waals surface area contributed by atoms with E-state index in [4.69, 9.17) is 5.73 Å². The molecule has 0 saturated heterocycles. The van der Waals surface area contributed by atoms with Gasteiger partial charge in [-0.1, -0.05) is 11.8 Å². The van der Waals surface area contributed by atoms with Crippen molar-refractivity contribution in [1.82, 2.24) is 10.2 Å². The third kappa shape index (κ3) is 5.24. The Hall–Kier alpha value is -2.39. The highest BCUT2D eigenvalue weighted by Gasteiger charge is 2.12. The lowest BCUT2D eigenvalue weighted by atomic mass is 10.1. The molecule has 5 nitrogen and oxygen atoms in total. The van der Waals surface area contributed by atoms with Crippen molar-refractivity contribution in [2.75, 3.05) is 27.2 Å². The molecule has 0 saturated carbocycles. The maximum absolute atomic E-state index is 13.6. The maximum Gasteiger partial charge on any atom is 0.254 e. The number of carbonyl (C=O) groups is 2. The van der Waals surface area contributed by atoms with Gasteiger partial charge in [-0.15, -0.1) is 0 Å². The number of rotatable bonds is 4. The Morgan fingerprint density at radius 3 is 2.71 bits per heavy atom. The Balaban J connectivity index is 2.71. The molecule has 3 N–H and O–H groups in total. The monoisotopic (exact) mass is 291 g/mol. The highest BCUT2D eigenvalue weighted by Crippen LogP contribution is 2.10. The Morgan fingerprint density at radius 1 is 1.38 bits per heavy atom. The average molecular weight is 291 g/mol. The normalized spacial score (nSPS) is 9.52. The van der Waals surface area contributed by atoms with Crippen LogP contribution in [0.3, 0.4) is 0 Å². The molecule has 1 rings (SSSR count). The molecule has 1 aromatic rings. The molecule has 0 fully saturated rings. The van der Waals surface area contributed by atoms with Crippen molar-refractivity contribution in [1.29, 1.82) is 0 Å². The molecule has 2 amide bonds. The summed E-state index contributed by atoms with van der Waals surface area (Å²) in [4.78, 5) is 24.7. The van der Waals surface area contributed by atoms with Crippen molar-refractivity contribution in [3.05, 3.63) is 35.1 Å². The second-order valence-electron chi connectivity index (χ2n) is 4.49. The first-order chi connectivity index (χ1) is 9.95. The van der Waals surface area contributed by atoms with Crippen LogP contribution in [0.5, 0.6) is 0 Å². The van der Waals surface area contributed by atoms with E-state index >= 15 is 0 Å². The predicted molar refractivity (Wildman–Crippen MR) is 78.0 cm³/mol. The smallest absolute Gasteiger partial charge is 0.254 e. The maximum atomic E-state index is 13.6. The van der Waals surface area contributed by atoms with Crippen LogP contribution in [0.2, 0.25) is 0 Å². The molecule has 0 unspecified atom stereocenters. The zero-order chi connectivity index (χ0) is 15.8. The van der Waals surface area contributed by atoms with Gasteiger partial charge in [0.2, 0.25) is 5.91 Å². The van der Waals surface area contributed by atoms with Crippen LogP contribution in [0.1, 0.15) is 22.3 Å². The summed E-state index contributed by atoms with van der Waals surface area (Å²) in [6.45, 7) is 0.333. The fourth-order valence-electron chi connectivity index (χ4n) is 1.53. The zero-order valence-corrected chi connectivity index (χ0v) is 12.1. The van der Waals surface area contributed by atoms with E-state index in [1.807, 2.05) is 0 Å². The van der Waals surface area contributed by atoms with Crippen molar-refractivity contribution < 1.29 is 14.0 Å². The van der Waals surface area contributed by atoms with Gasteiger partial charge in [0.15, 0.2) is 0 Å². The lowest BCUT2D eigenvalue weighted by Crippen LogP contribution is -2.30. The molecule has 0 spiro atoms. The number of halogens is 1. The Bertz CT molecular complexity index is 588. The number of hydrogen-bond donors (Lipinski definition) is 2. The fraction of sp³-hybridized carbons (Fsp3) is 0.333. The summed E-state index contributed by atoms with van der Waals surface area (Å²) in [5.41, 5.74) is 5.67. The first-order valence-corrected chi connectivity index (χ1v) is 6.42. The van der Waals surface area contributed by atoms with Crippen LogP contribution in [0, 0.1) is 17.7 Å². The third-order valence-electron chi connectivity index (χ3n) is 2.67.